The van der Waals surface area contributed by atoms with E-state index in [4.69, 9.17) is 0 Å². The molecule has 9 nitrogen and oxygen atoms in total. The molecule has 2 saturated heterocycles. The van der Waals surface area contributed by atoms with Crippen LogP contribution in [0.25, 0.3) is 0 Å². The molecule has 2 amide bonds. The third-order valence-electron chi connectivity index (χ3n) is 6.00. The molecule has 2 aliphatic rings. The van der Waals surface area contributed by atoms with Crippen LogP contribution in [0.1, 0.15) is 35.2 Å². The number of anilines is 1. The highest BCUT2D eigenvalue weighted by Gasteiger charge is 2.27. The van der Waals surface area contributed by atoms with Crippen LogP contribution < -0.4 is 10.2 Å². The number of hydrogen-bond donors (Lipinski definition) is 1. The Balaban J connectivity index is 0.00000306. The minimum atomic E-state index is 0. The zero-order valence-electron chi connectivity index (χ0n) is 19.2. The SMILES string of the molecule is CN=C(NCc1cccc(C(=O)N2CCCCC2)c1)N1CCN(c2cnn(C)c2)C(=O)C1.I. The van der Waals surface area contributed by atoms with E-state index in [-0.39, 0.29) is 42.3 Å². The van der Waals surface area contributed by atoms with Gasteiger partial charge in [-0.25, -0.2) is 0 Å². The number of piperazine rings is 1. The normalized spacial score (nSPS) is 17.1. The Bertz CT molecular complexity index is 1000. The van der Waals surface area contributed by atoms with Crippen LogP contribution >= 0.6 is 24.0 Å². The van der Waals surface area contributed by atoms with E-state index in [2.05, 4.69) is 15.4 Å². The summed E-state index contributed by atoms with van der Waals surface area (Å²) in [6.07, 6.45) is 6.91. The van der Waals surface area contributed by atoms with Gasteiger partial charge in [0.1, 0.15) is 6.54 Å². The number of hydrogen-bond acceptors (Lipinski definition) is 4. The maximum absolute atomic E-state index is 12.8. The van der Waals surface area contributed by atoms with Crippen molar-refractivity contribution in [3.8, 4) is 0 Å². The molecule has 2 fully saturated rings. The van der Waals surface area contributed by atoms with E-state index in [0.29, 0.717) is 25.6 Å². The van der Waals surface area contributed by atoms with Crippen molar-refractivity contribution in [2.75, 3.05) is 44.7 Å². The summed E-state index contributed by atoms with van der Waals surface area (Å²) in [6, 6.07) is 7.75. The first-order valence-electron chi connectivity index (χ1n) is 11.2. The van der Waals surface area contributed by atoms with Crippen LogP contribution in [-0.4, -0.2) is 77.1 Å². The van der Waals surface area contributed by atoms with Gasteiger partial charge in [0, 0.05) is 58.6 Å². The van der Waals surface area contributed by atoms with Gasteiger partial charge < -0.3 is 20.0 Å². The number of piperidine rings is 1. The number of nitrogens with one attached hydrogen (secondary N) is 1. The fraction of sp³-hybridized carbons (Fsp3) is 0.478. The smallest absolute Gasteiger partial charge is 0.253 e. The van der Waals surface area contributed by atoms with Crippen molar-refractivity contribution in [1.82, 2.24) is 24.9 Å². The van der Waals surface area contributed by atoms with Crippen molar-refractivity contribution in [1.29, 1.82) is 0 Å². The third kappa shape index (κ3) is 6.04. The predicted molar refractivity (Wildman–Crippen MR) is 139 cm³/mol. The van der Waals surface area contributed by atoms with Crippen LogP contribution in [0.5, 0.6) is 0 Å². The monoisotopic (exact) mass is 565 g/mol. The largest absolute Gasteiger partial charge is 0.352 e. The molecule has 1 aromatic carbocycles. The molecule has 3 heterocycles. The number of guanidine groups is 1. The van der Waals surface area contributed by atoms with Crippen LogP contribution in [0.2, 0.25) is 0 Å². The summed E-state index contributed by atoms with van der Waals surface area (Å²) < 4.78 is 1.69. The second-order valence-electron chi connectivity index (χ2n) is 8.29. The van der Waals surface area contributed by atoms with Crippen LogP contribution in [0.3, 0.4) is 0 Å². The van der Waals surface area contributed by atoms with E-state index in [1.165, 1.54) is 6.42 Å². The number of benzene rings is 1. The minimum Gasteiger partial charge on any atom is -0.352 e. The number of carbonyl (C=O) groups is 2. The Morgan fingerprint density at radius 1 is 1.12 bits per heavy atom. The molecule has 33 heavy (non-hydrogen) atoms. The van der Waals surface area contributed by atoms with Crippen molar-refractivity contribution in [3.05, 3.63) is 47.8 Å². The number of aromatic nitrogens is 2. The number of aliphatic imine (C=N–C) groups is 1. The fourth-order valence-electron chi connectivity index (χ4n) is 4.28. The molecular weight excluding hydrogens is 533 g/mol. The summed E-state index contributed by atoms with van der Waals surface area (Å²) in [6.45, 7) is 3.71. The highest BCUT2D eigenvalue weighted by Crippen LogP contribution is 2.17. The number of aryl methyl sites for hydroxylation is 1. The number of amides is 2. The molecule has 0 aliphatic carbocycles. The first-order valence-corrected chi connectivity index (χ1v) is 11.2. The van der Waals surface area contributed by atoms with Gasteiger partial charge in [-0.3, -0.25) is 19.3 Å². The molecule has 0 bridgehead atoms. The van der Waals surface area contributed by atoms with Gasteiger partial charge in [-0.15, -0.1) is 24.0 Å². The molecular formula is C23H32IN7O2. The van der Waals surface area contributed by atoms with Gasteiger partial charge in [0.15, 0.2) is 5.96 Å². The number of carbonyl (C=O) groups excluding carboxylic acids is 2. The van der Waals surface area contributed by atoms with E-state index in [1.807, 2.05) is 47.3 Å². The van der Waals surface area contributed by atoms with E-state index < -0.39 is 0 Å². The molecule has 178 valence electrons. The molecule has 0 atom stereocenters. The maximum atomic E-state index is 12.8. The fourth-order valence-corrected chi connectivity index (χ4v) is 4.28. The van der Waals surface area contributed by atoms with Gasteiger partial charge in [-0.1, -0.05) is 12.1 Å². The van der Waals surface area contributed by atoms with Crippen LogP contribution in [0.4, 0.5) is 5.69 Å². The Hall–Kier alpha value is -2.63. The van der Waals surface area contributed by atoms with Crippen molar-refractivity contribution in [2.24, 2.45) is 12.0 Å². The molecule has 0 saturated carbocycles. The second-order valence-corrected chi connectivity index (χ2v) is 8.29. The number of halogens is 1. The minimum absolute atomic E-state index is 0. The van der Waals surface area contributed by atoms with Gasteiger partial charge in [-0.2, -0.15) is 5.10 Å². The molecule has 4 rings (SSSR count). The Morgan fingerprint density at radius 2 is 1.91 bits per heavy atom. The van der Waals surface area contributed by atoms with Crippen LogP contribution in [0, 0.1) is 0 Å². The highest BCUT2D eigenvalue weighted by molar-refractivity contribution is 14.0. The summed E-state index contributed by atoms with van der Waals surface area (Å²) >= 11 is 0. The standard InChI is InChI=1S/C23H31N7O2.HI/c1-24-23(29-11-12-30(21(31)17-29)20-15-26-27(2)16-20)25-14-18-7-6-8-19(13-18)22(32)28-9-4-3-5-10-28;/h6-8,13,15-16H,3-5,9-12,14,17H2,1-2H3,(H,24,25);1H. The van der Waals surface area contributed by atoms with E-state index in [0.717, 1.165) is 42.7 Å². The third-order valence-corrected chi connectivity index (χ3v) is 6.00. The summed E-state index contributed by atoms with van der Waals surface area (Å²) in [4.78, 5) is 35.5. The second kappa shape index (κ2) is 11.5. The average molecular weight is 565 g/mol. The molecule has 0 radical (unpaired) electrons. The van der Waals surface area contributed by atoms with Crippen molar-refractivity contribution in [2.45, 2.75) is 25.8 Å². The Labute approximate surface area is 211 Å². The lowest BCUT2D eigenvalue weighted by molar-refractivity contribution is -0.120. The molecule has 2 aliphatic heterocycles. The number of likely N-dealkylation sites (tertiary alicyclic amines) is 1. The van der Waals surface area contributed by atoms with E-state index in [1.54, 1.807) is 22.8 Å². The van der Waals surface area contributed by atoms with E-state index >= 15 is 0 Å². The van der Waals surface area contributed by atoms with Gasteiger partial charge in [0.25, 0.3) is 5.91 Å². The average Bonchev–Trinajstić information content (AvgIpc) is 3.25. The Morgan fingerprint density at radius 3 is 2.58 bits per heavy atom. The molecule has 1 aromatic heterocycles. The van der Waals surface area contributed by atoms with Gasteiger partial charge in [-0.05, 0) is 37.0 Å². The number of nitrogens with zero attached hydrogens (tertiary/aromatic N) is 6. The topological polar surface area (TPSA) is 86.1 Å². The Kier molecular flexibility index (Phi) is 8.70. The quantitative estimate of drug-likeness (QED) is 0.349. The van der Waals surface area contributed by atoms with Crippen molar-refractivity contribution >= 4 is 47.4 Å². The zero-order chi connectivity index (χ0) is 22.5. The maximum Gasteiger partial charge on any atom is 0.253 e. The zero-order valence-corrected chi connectivity index (χ0v) is 21.6. The lowest BCUT2D eigenvalue weighted by Gasteiger charge is -2.35. The lowest BCUT2D eigenvalue weighted by atomic mass is 10.1. The van der Waals surface area contributed by atoms with Gasteiger partial charge in [0.05, 0.1) is 11.9 Å². The summed E-state index contributed by atoms with van der Waals surface area (Å²) in [5.74, 6) is 0.798. The lowest BCUT2D eigenvalue weighted by Crippen LogP contribution is -2.55. The summed E-state index contributed by atoms with van der Waals surface area (Å²) in [5.41, 5.74) is 2.55. The highest BCUT2D eigenvalue weighted by atomic mass is 127. The number of rotatable bonds is 4. The van der Waals surface area contributed by atoms with Gasteiger partial charge in [0.2, 0.25) is 5.91 Å². The molecule has 0 spiro atoms. The molecule has 0 unspecified atom stereocenters. The van der Waals surface area contributed by atoms with Crippen LogP contribution in [-0.2, 0) is 18.4 Å². The molecule has 10 heteroatoms. The molecule has 1 N–H and O–H groups in total. The summed E-state index contributed by atoms with van der Waals surface area (Å²) in [7, 11) is 3.56. The predicted octanol–water partition coefficient (Wildman–Crippen LogP) is 2.09. The van der Waals surface area contributed by atoms with E-state index in [9.17, 15) is 9.59 Å². The first kappa shape index (κ1) is 25.0. The van der Waals surface area contributed by atoms with Gasteiger partial charge >= 0.3 is 0 Å². The van der Waals surface area contributed by atoms with Crippen molar-refractivity contribution < 1.29 is 9.59 Å². The van der Waals surface area contributed by atoms with Crippen LogP contribution in [0.15, 0.2) is 41.7 Å². The molecule has 2 aromatic rings. The first-order chi connectivity index (χ1) is 15.5. The van der Waals surface area contributed by atoms with Crippen molar-refractivity contribution in [3.63, 3.8) is 0 Å². The summed E-state index contributed by atoms with van der Waals surface area (Å²) in [5, 5.41) is 7.50.